The molecule has 0 radical (unpaired) electrons. The van der Waals surface area contributed by atoms with Gasteiger partial charge in [0.25, 0.3) is 0 Å². The molecule has 1 aromatic rings. The zero-order valence-electron chi connectivity index (χ0n) is 9.94. The number of thiophene rings is 1. The SMILES string of the molecule is CCOC(=O)c1cc(C)sc1NS(=O)(=O)CC. The van der Waals surface area contributed by atoms with E-state index in [0.717, 1.165) is 4.88 Å². The van der Waals surface area contributed by atoms with Crippen LogP contribution in [0, 0.1) is 6.92 Å². The fraction of sp³-hybridized carbons (Fsp3) is 0.500. The molecule has 0 aliphatic rings. The highest BCUT2D eigenvalue weighted by Gasteiger charge is 2.19. The summed E-state index contributed by atoms with van der Waals surface area (Å²) in [5.74, 6) is -0.544. The van der Waals surface area contributed by atoms with Gasteiger partial charge in [0.2, 0.25) is 10.0 Å². The molecule has 0 spiro atoms. The largest absolute Gasteiger partial charge is 0.462 e. The van der Waals surface area contributed by atoms with Crippen molar-refractivity contribution in [3.05, 3.63) is 16.5 Å². The zero-order chi connectivity index (χ0) is 13.1. The molecule has 7 heteroatoms. The molecule has 0 saturated carbocycles. The minimum atomic E-state index is -3.38. The van der Waals surface area contributed by atoms with E-state index in [0.29, 0.717) is 5.00 Å². The van der Waals surface area contributed by atoms with E-state index in [9.17, 15) is 13.2 Å². The minimum Gasteiger partial charge on any atom is -0.462 e. The topological polar surface area (TPSA) is 72.5 Å². The van der Waals surface area contributed by atoms with Gasteiger partial charge in [0.1, 0.15) is 5.00 Å². The molecule has 0 bridgehead atoms. The van der Waals surface area contributed by atoms with E-state index in [4.69, 9.17) is 4.74 Å². The van der Waals surface area contributed by atoms with Crippen LogP contribution < -0.4 is 4.72 Å². The molecule has 1 N–H and O–H groups in total. The second-order valence-electron chi connectivity index (χ2n) is 3.33. The first-order chi connectivity index (χ1) is 7.89. The summed E-state index contributed by atoms with van der Waals surface area (Å²) in [6.07, 6.45) is 0. The highest BCUT2D eigenvalue weighted by Crippen LogP contribution is 2.29. The van der Waals surface area contributed by atoms with Gasteiger partial charge in [-0.2, -0.15) is 0 Å². The van der Waals surface area contributed by atoms with E-state index in [-0.39, 0.29) is 17.9 Å². The number of carbonyl (C=O) groups excluding carboxylic acids is 1. The molecular weight excluding hydrogens is 262 g/mol. The summed E-state index contributed by atoms with van der Waals surface area (Å²) < 4.78 is 30.2. The lowest BCUT2D eigenvalue weighted by atomic mass is 10.3. The van der Waals surface area contributed by atoms with Crippen LogP contribution in [0.3, 0.4) is 0 Å². The van der Waals surface area contributed by atoms with Crippen molar-refractivity contribution in [1.82, 2.24) is 0 Å². The Kier molecular flexibility index (Phi) is 4.53. The third-order valence-electron chi connectivity index (χ3n) is 1.98. The van der Waals surface area contributed by atoms with Crippen molar-refractivity contribution >= 4 is 32.3 Å². The summed E-state index contributed by atoms with van der Waals surface area (Å²) in [5, 5.41) is 0.322. The lowest BCUT2D eigenvalue weighted by molar-refractivity contribution is 0.0528. The molecule has 17 heavy (non-hydrogen) atoms. The number of ether oxygens (including phenoxy) is 1. The highest BCUT2D eigenvalue weighted by atomic mass is 32.2. The number of anilines is 1. The summed E-state index contributed by atoms with van der Waals surface area (Å²) in [4.78, 5) is 12.5. The molecule has 0 amide bonds. The van der Waals surface area contributed by atoms with Gasteiger partial charge in [-0.1, -0.05) is 0 Å². The lowest BCUT2D eigenvalue weighted by Gasteiger charge is -2.06. The van der Waals surface area contributed by atoms with Crippen LogP contribution in [-0.2, 0) is 14.8 Å². The Balaban J connectivity index is 3.04. The maximum absolute atomic E-state index is 11.6. The predicted molar refractivity (Wildman–Crippen MR) is 68.1 cm³/mol. The number of sulfonamides is 1. The maximum Gasteiger partial charge on any atom is 0.341 e. The number of esters is 1. The van der Waals surface area contributed by atoms with E-state index >= 15 is 0 Å². The van der Waals surface area contributed by atoms with Crippen LogP contribution in [0.4, 0.5) is 5.00 Å². The standard InChI is InChI=1S/C10H15NO4S2/c1-4-15-10(12)8-6-7(3)16-9(8)11-17(13,14)5-2/h6,11H,4-5H2,1-3H3. The maximum atomic E-state index is 11.6. The Bertz CT molecular complexity index is 504. The summed E-state index contributed by atoms with van der Waals surface area (Å²) in [6, 6.07) is 1.62. The highest BCUT2D eigenvalue weighted by molar-refractivity contribution is 7.92. The Morgan fingerprint density at radius 2 is 2.12 bits per heavy atom. The van der Waals surface area contributed by atoms with Gasteiger partial charge in [-0.15, -0.1) is 11.3 Å². The van der Waals surface area contributed by atoms with E-state index in [1.165, 1.54) is 18.3 Å². The van der Waals surface area contributed by atoms with Gasteiger partial charge in [0, 0.05) is 4.88 Å². The Labute approximate surface area is 105 Å². The molecule has 5 nitrogen and oxygen atoms in total. The average molecular weight is 277 g/mol. The van der Waals surface area contributed by atoms with Crippen molar-refractivity contribution in [1.29, 1.82) is 0 Å². The molecule has 0 fully saturated rings. The van der Waals surface area contributed by atoms with Crippen molar-refractivity contribution in [3.8, 4) is 0 Å². The molecule has 0 aliphatic heterocycles. The van der Waals surface area contributed by atoms with Crippen LogP contribution in [0.2, 0.25) is 0 Å². The minimum absolute atomic E-state index is 0.0355. The first kappa shape index (κ1) is 14.0. The van der Waals surface area contributed by atoms with Gasteiger partial charge in [-0.3, -0.25) is 4.72 Å². The molecule has 1 aromatic heterocycles. The van der Waals surface area contributed by atoms with Gasteiger partial charge in [-0.05, 0) is 26.8 Å². The van der Waals surface area contributed by atoms with Gasteiger partial charge in [-0.25, -0.2) is 13.2 Å². The number of hydrogen-bond acceptors (Lipinski definition) is 5. The zero-order valence-corrected chi connectivity index (χ0v) is 11.6. The number of rotatable bonds is 5. The van der Waals surface area contributed by atoms with Crippen LogP contribution in [0.1, 0.15) is 29.1 Å². The summed E-state index contributed by atoms with van der Waals surface area (Å²) >= 11 is 1.22. The summed E-state index contributed by atoms with van der Waals surface area (Å²) in [7, 11) is -3.38. The third kappa shape index (κ3) is 3.71. The first-order valence-electron chi connectivity index (χ1n) is 5.17. The van der Waals surface area contributed by atoms with Crippen molar-refractivity contribution < 1.29 is 17.9 Å². The van der Waals surface area contributed by atoms with Crippen molar-refractivity contribution in [2.75, 3.05) is 17.1 Å². The summed E-state index contributed by atoms with van der Waals surface area (Å²) in [6.45, 7) is 5.30. The Morgan fingerprint density at radius 1 is 1.47 bits per heavy atom. The molecule has 0 saturated heterocycles. The first-order valence-corrected chi connectivity index (χ1v) is 7.64. The molecule has 0 atom stereocenters. The molecule has 96 valence electrons. The Morgan fingerprint density at radius 3 is 2.65 bits per heavy atom. The van der Waals surface area contributed by atoms with E-state index in [1.54, 1.807) is 19.9 Å². The summed E-state index contributed by atoms with van der Waals surface area (Å²) in [5.41, 5.74) is 0.270. The van der Waals surface area contributed by atoms with Crippen molar-refractivity contribution in [3.63, 3.8) is 0 Å². The van der Waals surface area contributed by atoms with Gasteiger partial charge >= 0.3 is 5.97 Å². The van der Waals surface area contributed by atoms with Gasteiger partial charge in [0.15, 0.2) is 0 Å². The van der Waals surface area contributed by atoms with E-state index < -0.39 is 16.0 Å². The lowest BCUT2D eigenvalue weighted by Crippen LogP contribution is -2.16. The molecule has 0 unspecified atom stereocenters. The van der Waals surface area contributed by atoms with Crippen molar-refractivity contribution in [2.45, 2.75) is 20.8 Å². The van der Waals surface area contributed by atoms with Crippen LogP contribution in [0.5, 0.6) is 0 Å². The number of hydrogen-bond donors (Lipinski definition) is 1. The van der Waals surface area contributed by atoms with Crippen LogP contribution >= 0.6 is 11.3 Å². The second kappa shape index (κ2) is 5.50. The molecule has 1 heterocycles. The normalized spacial score (nSPS) is 11.2. The third-order valence-corrected chi connectivity index (χ3v) is 4.35. The predicted octanol–water partition coefficient (Wildman–Crippen LogP) is 1.99. The van der Waals surface area contributed by atoms with Gasteiger partial charge in [0.05, 0.1) is 17.9 Å². The smallest absolute Gasteiger partial charge is 0.341 e. The van der Waals surface area contributed by atoms with E-state index in [1.807, 2.05) is 0 Å². The monoisotopic (exact) mass is 277 g/mol. The number of nitrogens with one attached hydrogen (secondary N) is 1. The fourth-order valence-corrected chi connectivity index (χ4v) is 3.00. The second-order valence-corrected chi connectivity index (χ2v) is 6.59. The fourth-order valence-electron chi connectivity index (χ4n) is 1.16. The van der Waals surface area contributed by atoms with Crippen LogP contribution in [0.15, 0.2) is 6.07 Å². The molecular formula is C10H15NO4S2. The molecule has 0 aromatic carbocycles. The van der Waals surface area contributed by atoms with Gasteiger partial charge < -0.3 is 4.74 Å². The Hall–Kier alpha value is -1.08. The molecule has 1 rings (SSSR count). The number of carbonyl (C=O) groups is 1. The van der Waals surface area contributed by atoms with Crippen LogP contribution in [-0.4, -0.2) is 26.7 Å². The average Bonchev–Trinajstić information content (AvgIpc) is 2.59. The van der Waals surface area contributed by atoms with E-state index in [2.05, 4.69) is 4.72 Å². The molecule has 0 aliphatic carbocycles. The van der Waals surface area contributed by atoms with Crippen molar-refractivity contribution in [2.24, 2.45) is 0 Å². The number of aryl methyl sites for hydroxylation is 1. The quantitative estimate of drug-likeness (QED) is 0.835. The van der Waals surface area contributed by atoms with Crippen LogP contribution in [0.25, 0.3) is 0 Å².